The van der Waals surface area contributed by atoms with E-state index in [1.54, 1.807) is 29.0 Å². The lowest BCUT2D eigenvalue weighted by molar-refractivity contribution is 0.557. The van der Waals surface area contributed by atoms with E-state index in [0.717, 1.165) is 16.1 Å². The van der Waals surface area contributed by atoms with Crippen LogP contribution in [-0.2, 0) is 16.4 Å². The molecule has 0 bridgehead atoms. The lowest BCUT2D eigenvalue weighted by Gasteiger charge is -2.14. The molecule has 4 nitrogen and oxygen atoms in total. The highest BCUT2D eigenvalue weighted by Gasteiger charge is 2.18. The second-order valence-electron chi connectivity index (χ2n) is 5.24. The Morgan fingerprint density at radius 3 is 2.48 bits per heavy atom. The molecule has 1 aromatic heterocycles. The lowest BCUT2D eigenvalue weighted by atomic mass is 10.2. The van der Waals surface area contributed by atoms with Gasteiger partial charge in [0.25, 0.3) is 0 Å². The number of sulfone groups is 1. The van der Waals surface area contributed by atoms with Crippen LogP contribution in [0.1, 0.15) is 23.1 Å². The van der Waals surface area contributed by atoms with Crippen molar-refractivity contribution < 1.29 is 8.42 Å². The molecular weight excluding hydrogens is 304 g/mol. The summed E-state index contributed by atoms with van der Waals surface area (Å²) in [5.41, 5.74) is 3.86. The standard InChI is InChI=1S/C15H20N2O2S2/c1-11-4-6-14(7-5-11)21(18,19)9-12(2)16-8-15-13(3)17-10-20-15/h4-7,10,12,16H,8-9H2,1-3H3. The minimum atomic E-state index is -3.25. The van der Waals surface area contributed by atoms with Crippen molar-refractivity contribution in [3.63, 3.8) is 0 Å². The molecule has 1 atom stereocenters. The predicted molar refractivity (Wildman–Crippen MR) is 86.4 cm³/mol. The van der Waals surface area contributed by atoms with Gasteiger partial charge in [0.05, 0.1) is 21.9 Å². The predicted octanol–water partition coefficient (Wildman–Crippen LogP) is 2.71. The molecule has 0 amide bonds. The quantitative estimate of drug-likeness (QED) is 0.887. The zero-order valence-corrected chi connectivity index (χ0v) is 14.1. The second-order valence-corrected chi connectivity index (χ2v) is 8.21. The van der Waals surface area contributed by atoms with Gasteiger partial charge >= 0.3 is 0 Å². The van der Waals surface area contributed by atoms with Crippen molar-refractivity contribution in [2.24, 2.45) is 0 Å². The molecular formula is C15H20N2O2S2. The van der Waals surface area contributed by atoms with Crippen LogP contribution < -0.4 is 5.32 Å². The number of rotatable bonds is 6. The van der Waals surface area contributed by atoms with Gasteiger partial charge in [0, 0.05) is 17.5 Å². The number of nitrogens with zero attached hydrogens (tertiary/aromatic N) is 1. The first-order valence-corrected chi connectivity index (χ1v) is 9.33. The number of aryl methyl sites for hydroxylation is 2. The van der Waals surface area contributed by atoms with Crippen molar-refractivity contribution in [2.75, 3.05) is 5.75 Å². The van der Waals surface area contributed by atoms with Gasteiger partial charge in [-0.3, -0.25) is 0 Å². The fraction of sp³-hybridized carbons (Fsp3) is 0.400. The Balaban J connectivity index is 1.96. The summed E-state index contributed by atoms with van der Waals surface area (Å²) in [6.45, 7) is 6.45. The number of nitrogens with one attached hydrogen (secondary N) is 1. The van der Waals surface area contributed by atoms with Crippen molar-refractivity contribution >= 4 is 21.2 Å². The van der Waals surface area contributed by atoms with Gasteiger partial charge in [-0.15, -0.1) is 11.3 Å². The fourth-order valence-corrected chi connectivity index (χ4v) is 4.24. The van der Waals surface area contributed by atoms with E-state index in [1.165, 1.54) is 0 Å². The molecule has 6 heteroatoms. The number of thiazole rings is 1. The third-order valence-corrected chi connectivity index (χ3v) is 6.17. The van der Waals surface area contributed by atoms with Crippen LogP contribution in [0.25, 0.3) is 0 Å². The van der Waals surface area contributed by atoms with Crippen molar-refractivity contribution in [3.05, 3.63) is 45.9 Å². The molecule has 0 spiro atoms. The van der Waals surface area contributed by atoms with Crippen LogP contribution in [-0.4, -0.2) is 25.2 Å². The Hall–Kier alpha value is -1.24. The molecule has 0 saturated heterocycles. The van der Waals surface area contributed by atoms with Crippen LogP contribution in [0.2, 0.25) is 0 Å². The monoisotopic (exact) mass is 324 g/mol. The van der Waals surface area contributed by atoms with Crippen molar-refractivity contribution in [3.8, 4) is 0 Å². The zero-order valence-electron chi connectivity index (χ0n) is 12.5. The molecule has 1 aromatic carbocycles. The summed E-state index contributed by atoms with van der Waals surface area (Å²) in [7, 11) is -3.25. The summed E-state index contributed by atoms with van der Waals surface area (Å²) in [6.07, 6.45) is 0. The van der Waals surface area contributed by atoms with Crippen LogP contribution in [0.3, 0.4) is 0 Å². The molecule has 0 fully saturated rings. The van der Waals surface area contributed by atoms with Crippen LogP contribution >= 0.6 is 11.3 Å². The van der Waals surface area contributed by atoms with Gasteiger partial charge in [0.2, 0.25) is 0 Å². The minimum Gasteiger partial charge on any atom is -0.308 e. The smallest absolute Gasteiger partial charge is 0.179 e. The largest absolute Gasteiger partial charge is 0.308 e. The lowest BCUT2D eigenvalue weighted by Crippen LogP contribution is -2.32. The maximum atomic E-state index is 12.3. The van der Waals surface area contributed by atoms with E-state index in [4.69, 9.17) is 0 Å². The summed E-state index contributed by atoms with van der Waals surface area (Å²) in [5.74, 6) is 0.0912. The SMILES string of the molecule is Cc1ccc(S(=O)(=O)CC(C)NCc2scnc2C)cc1. The topological polar surface area (TPSA) is 59.1 Å². The maximum absolute atomic E-state index is 12.3. The summed E-state index contributed by atoms with van der Waals surface area (Å²) < 4.78 is 24.7. The Labute approximate surface area is 130 Å². The van der Waals surface area contributed by atoms with E-state index >= 15 is 0 Å². The van der Waals surface area contributed by atoms with Crippen molar-refractivity contribution in [1.82, 2.24) is 10.3 Å². The molecule has 0 aliphatic heterocycles. The normalized spacial score (nSPS) is 13.3. The van der Waals surface area contributed by atoms with E-state index in [9.17, 15) is 8.42 Å². The van der Waals surface area contributed by atoms with Gasteiger partial charge in [0.15, 0.2) is 9.84 Å². The molecule has 2 aromatic rings. The van der Waals surface area contributed by atoms with Crippen LogP contribution in [0.4, 0.5) is 0 Å². The second kappa shape index (κ2) is 6.68. The van der Waals surface area contributed by atoms with Crippen LogP contribution in [0.5, 0.6) is 0 Å². The van der Waals surface area contributed by atoms with Gasteiger partial charge in [-0.2, -0.15) is 0 Å². The fourth-order valence-electron chi connectivity index (χ4n) is 1.99. The summed E-state index contributed by atoms with van der Waals surface area (Å²) >= 11 is 1.58. The molecule has 1 N–H and O–H groups in total. The molecule has 0 radical (unpaired) electrons. The number of hydrogen-bond donors (Lipinski definition) is 1. The van der Waals surface area contributed by atoms with E-state index in [-0.39, 0.29) is 11.8 Å². The maximum Gasteiger partial charge on any atom is 0.179 e. The number of hydrogen-bond acceptors (Lipinski definition) is 5. The van der Waals surface area contributed by atoms with Crippen LogP contribution in [0.15, 0.2) is 34.7 Å². The Bertz CT molecular complexity index is 691. The van der Waals surface area contributed by atoms with Crippen LogP contribution in [0, 0.1) is 13.8 Å². The average molecular weight is 324 g/mol. The number of aromatic nitrogens is 1. The third kappa shape index (κ3) is 4.36. The first-order chi connectivity index (χ1) is 9.88. The highest BCUT2D eigenvalue weighted by Crippen LogP contribution is 2.14. The molecule has 1 heterocycles. The molecule has 0 aliphatic carbocycles. The van der Waals surface area contributed by atoms with Gasteiger partial charge in [-0.25, -0.2) is 13.4 Å². The van der Waals surface area contributed by atoms with E-state index in [2.05, 4.69) is 10.3 Å². The highest BCUT2D eigenvalue weighted by molar-refractivity contribution is 7.91. The van der Waals surface area contributed by atoms with Gasteiger partial charge in [-0.1, -0.05) is 17.7 Å². The molecule has 1 unspecified atom stereocenters. The molecule has 114 valence electrons. The summed E-state index contributed by atoms with van der Waals surface area (Å²) in [6, 6.07) is 6.88. The summed E-state index contributed by atoms with van der Waals surface area (Å²) in [4.78, 5) is 5.72. The van der Waals surface area contributed by atoms with Crippen molar-refractivity contribution in [2.45, 2.75) is 38.3 Å². The van der Waals surface area contributed by atoms with E-state index < -0.39 is 9.84 Å². The molecule has 21 heavy (non-hydrogen) atoms. The number of benzene rings is 1. The minimum absolute atomic E-state index is 0.0912. The average Bonchev–Trinajstić information content (AvgIpc) is 2.82. The van der Waals surface area contributed by atoms with Gasteiger partial charge in [-0.05, 0) is 32.9 Å². The highest BCUT2D eigenvalue weighted by atomic mass is 32.2. The summed E-state index contributed by atoms with van der Waals surface area (Å²) in [5, 5.41) is 3.25. The van der Waals surface area contributed by atoms with E-state index in [1.807, 2.05) is 32.9 Å². The van der Waals surface area contributed by atoms with Gasteiger partial charge < -0.3 is 5.32 Å². The molecule has 2 rings (SSSR count). The third-order valence-electron chi connectivity index (χ3n) is 3.31. The Morgan fingerprint density at radius 2 is 1.90 bits per heavy atom. The van der Waals surface area contributed by atoms with Crippen molar-refractivity contribution in [1.29, 1.82) is 0 Å². The molecule has 0 aliphatic rings. The van der Waals surface area contributed by atoms with Gasteiger partial charge in [0.1, 0.15) is 0 Å². The first-order valence-electron chi connectivity index (χ1n) is 6.80. The Kier molecular flexibility index (Phi) is 5.13. The first kappa shape index (κ1) is 16.1. The zero-order chi connectivity index (χ0) is 15.5. The molecule has 0 saturated carbocycles. The van der Waals surface area contributed by atoms with E-state index in [0.29, 0.717) is 11.4 Å². The Morgan fingerprint density at radius 1 is 1.24 bits per heavy atom.